The van der Waals surface area contributed by atoms with E-state index in [0.717, 1.165) is 11.1 Å². The van der Waals surface area contributed by atoms with Crippen LogP contribution in [-0.2, 0) is 0 Å². The fourth-order valence-electron chi connectivity index (χ4n) is 3.47. The third-order valence-corrected chi connectivity index (χ3v) is 4.87. The van der Waals surface area contributed by atoms with Gasteiger partial charge in [-0.1, -0.05) is 42.5 Å². The van der Waals surface area contributed by atoms with E-state index in [1.807, 2.05) is 42.5 Å². The number of ketones is 1. The maximum Gasteiger partial charge on any atom is 0.258 e. The van der Waals surface area contributed by atoms with Crippen LogP contribution in [0.2, 0.25) is 0 Å². The van der Waals surface area contributed by atoms with Crippen molar-refractivity contribution in [3.8, 4) is 16.9 Å². The summed E-state index contributed by atoms with van der Waals surface area (Å²) < 4.78 is 0. The molecule has 1 amide bonds. The summed E-state index contributed by atoms with van der Waals surface area (Å²) >= 11 is 0. The summed E-state index contributed by atoms with van der Waals surface area (Å²) in [5.41, 5.74) is 3.40. The van der Waals surface area contributed by atoms with Crippen molar-refractivity contribution in [2.24, 2.45) is 0 Å². The van der Waals surface area contributed by atoms with Gasteiger partial charge in [-0.05, 0) is 42.3 Å². The summed E-state index contributed by atoms with van der Waals surface area (Å²) in [7, 11) is 0. The van der Waals surface area contributed by atoms with Gasteiger partial charge in [0.15, 0.2) is 5.78 Å². The highest BCUT2D eigenvalue weighted by molar-refractivity contribution is 6.11. The minimum Gasteiger partial charge on any atom is -0.507 e. The third kappa shape index (κ3) is 3.22. The fourth-order valence-corrected chi connectivity index (χ4v) is 3.47. The number of phenols is 1. The molecule has 3 aromatic rings. The summed E-state index contributed by atoms with van der Waals surface area (Å²) in [6.07, 6.45) is 1.10. The summed E-state index contributed by atoms with van der Waals surface area (Å²) in [4.78, 5) is 27.1. The van der Waals surface area contributed by atoms with Crippen molar-refractivity contribution in [3.05, 3.63) is 83.9 Å². The number of amides is 1. The molecule has 0 aromatic heterocycles. The predicted octanol–water partition coefficient (Wildman–Crippen LogP) is 4.68. The zero-order valence-corrected chi connectivity index (χ0v) is 14.8. The highest BCUT2D eigenvalue weighted by Gasteiger charge is 2.25. The molecule has 1 aliphatic rings. The van der Waals surface area contributed by atoms with Crippen LogP contribution in [0.4, 0.5) is 5.69 Å². The lowest BCUT2D eigenvalue weighted by Gasteiger charge is -2.22. The van der Waals surface area contributed by atoms with Gasteiger partial charge in [-0.15, -0.1) is 0 Å². The Labute approximate surface area is 157 Å². The van der Waals surface area contributed by atoms with Crippen LogP contribution >= 0.6 is 0 Å². The van der Waals surface area contributed by atoms with Gasteiger partial charge in [0, 0.05) is 29.7 Å². The second-order valence-electron chi connectivity index (χ2n) is 6.60. The Kier molecular flexibility index (Phi) is 4.47. The molecule has 0 saturated carbocycles. The molecular weight excluding hydrogens is 338 g/mol. The molecule has 4 nitrogen and oxygen atoms in total. The number of anilines is 1. The average Bonchev–Trinajstić information content (AvgIpc) is 2.87. The van der Waals surface area contributed by atoms with Crippen LogP contribution < -0.4 is 4.90 Å². The Hall–Kier alpha value is -3.40. The number of Topliss-reactive ketones (excluding diaryl/α,β-unsaturated/α-hetero) is 1. The lowest BCUT2D eigenvalue weighted by Crippen LogP contribution is -2.31. The lowest BCUT2D eigenvalue weighted by atomic mass is 10.0. The number of benzene rings is 3. The molecule has 1 N–H and O–H groups in total. The molecule has 4 heteroatoms. The highest BCUT2D eigenvalue weighted by atomic mass is 16.3. The molecule has 0 unspecified atom stereocenters. The van der Waals surface area contributed by atoms with E-state index in [-0.39, 0.29) is 17.4 Å². The van der Waals surface area contributed by atoms with Crippen LogP contribution in [0.5, 0.6) is 5.75 Å². The van der Waals surface area contributed by atoms with Gasteiger partial charge in [-0.3, -0.25) is 9.59 Å². The third-order valence-electron chi connectivity index (χ3n) is 4.87. The van der Waals surface area contributed by atoms with Crippen LogP contribution in [0.1, 0.15) is 33.6 Å². The van der Waals surface area contributed by atoms with E-state index in [4.69, 9.17) is 0 Å². The van der Waals surface area contributed by atoms with Crippen LogP contribution in [0, 0.1) is 0 Å². The maximum absolute atomic E-state index is 13.1. The zero-order chi connectivity index (χ0) is 18.8. The topological polar surface area (TPSA) is 57.6 Å². The molecule has 3 aromatic carbocycles. The Bertz CT molecular complexity index is 1010. The quantitative estimate of drug-likeness (QED) is 0.724. The van der Waals surface area contributed by atoms with Crippen LogP contribution in [-0.4, -0.2) is 23.3 Å². The highest BCUT2D eigenvalue weighted by Crippen LogP contribution is 2.30. The number of para-hydroxylation sites is 2. The Morgan fingerprint density at radius 2 is 1.52 bits per heavy atom. The zero-order valence-electron chi connectivity index (χ0n) is 14.8. The van der Waals surface area contributed by atoms with Gasteiger partial charge >= 0.3 is 0 Å². The van der Waals surface area contributed by atoms with Crippen molar-refractivity contribution in [3.63, 3.8) is 0 Å². The first kappa shape index (κ1) is 17.0. The number of rotatable bonds is 2. The molecular formula is C23H19NO3. The van der Waals surface area contributed by atoms with Crippen molar-refractivity contribution in [2.45, 2.75) is 12.8 Å². The summed E-state index contributed by atoms with van der Waals surface area (Å²) in [6.45, 7) is 0.517. The van der Waals surface area contributed by atoms with Gasteiger partial charge in [-0.25, -0.2) is 0 Å². The summed E-state index contributed by atoms with van der Waals surface area (Å²) in [5, 5.41) is 10.0. The molecule has 0 bridgehead atoms. The van der Waals surface area contributed by atoms with E-state index in [1.165, 1.54) is 0 Å². The fraction of sp³-hybridized carbons (Fsp3) is 0.130. The monoisotopic (exact) mass is 357 g/mol. The lowest BCUT2D eigenvalue weighted by molar-refractivity contribution is 0.0974. The number of phenolic OH excluding ortho intramolecular Hbond substituents is 1. The molecule has 0 spiro atoms. The van der Waals surface area contributed by atoms with E-state index < -0.39 is 0 Å². The van der Waals surface area contributed by atoms with Gasteiger partial charge in [0.05, 0.1) is 5.69 Å². The van der Waals surface area contributed by atoms with Crippen LogP contribution in [0.25, 0.3) is 11.1 Å². The molecule has 1 aliphatic heterocycles. The first-order valence-corrected chi connectivity index (χ1v) is 8.97. The van der Waals surface area contributed by atoms with Crippen molar-refractivity contribution in [1.82, 2.24) is 0 Å². The molecule has 27 heavy (non-hydrogen) atoms. The van der Waals surface area contributed by atoms with E-state index in [1.54, 1.807) is 35.2 Å². The molecule has 0 aliphatic carbocycles. The van der Waals surface area contributed by atoms with Crippen molar-refractivity contribution >= 4 is 17.4 Å². The number of hydrogen-bond acceptors (Lipinski definition) is 3. The standard InChI is InChI=1S/C23H19NO3/c25-21-9-4-2-6-18(21)16-11-13-17(14-12-16)23(27)24-15-5-10-22(26)19-7-1-3-8-20(19)24/h1-4,6-9,11-14,25H,5,10,15H2. The number of carbonyl (C=O) groups is 2. The SMILES string of the molecule is O=C1CCCN(C(=O)c2ccc(-c3ccccc3O)cc2)c2ccccc21. The first-order chi connectivity index (χ1) is 13.1. The number of hydrogen-bond donors (Lipinski definition) is 1. The molecule has 0 radical (unpaired) electrons. The predicted molar refractivity (Wildman–Crippen MR) is 105 cm³/mol. The van der Waals surface area contributed by atoms with Gasteiger partial charge < -0.3 is 10.0 Å². The Morgan fingerprint density at radius 3 is 2.26 bits per heavy atom. The number of nitrogens with zero attached hydrogens (tertiary/aromatic N) is 1. The smallest absolute Gasteiger partial charge is 0.258 e. The van der Waals surface area contributed by atoms with Gasteiger partial charge in [0.2, 0.25) is 0 Å². The first-order valence-electron chi connectivity index (χ1n) is 8.97. The van der Waals surface area contributed by atoms with Crippen molar-refractivity contribution < 1.29 is 14.7 Å². The van der Waals surface area contributed by atoms with Crippen LogP contribution in [0.15, 0.2) is 72.8 Å². The molecule has 134 valence electrons. The Balaban J connectivity index is 1.66. The van der Waals surface area contributed by atoms with Crippen molar-refractivity contribution in [2.75, 3.05) is 11.4 Å². The average molecular weight is 357 g/mol. The van der Waals surface area contributed by atoms with Gasteiger partial charge in [0.25, 0.3) is 5.91 Å². The van der Waals surface area contributed by atoms with E-state index in [2.05, 4.69) is 0 Å². The Morgan fingerprint density at radius 1 is 0.852 bits per heavy atom. The number of aromatic hydroxyl groups is 1. The second-order valence-corrected chi connectivity index (χ2v) is 6.60. The minimum atomic E-state index is -0.124. The molecule has 1 heterocycles. The number of carbonyl (C=O) groups excluding carboxylic acids is 2. The van der Waals surface area contributed by atoms with E-state index in [9.17, 15) is 14.7 Å². The largest absolute Gasteiger partial charge is 0.507 e. The van der Waals surface area contributed by atoms with E-state index in [0.29, 0.717) is 36.2 Å². The minimum absolute atomic E-state index is 0.0794. The van der Waals surface area contributed by atoms with Crippen LogP contribution in [0.3, 0.4) is 0 Å². The molecule has 0 saturated heterocycles. The summed E-state index contributed by atoms with van der Waals surface area (Å²) in [6, 6.07) is 21.6. The normalized spacial score (nSPS) is 13.8. The van der Waals surface area contributed by atoms with Gasteiger partial charge in [0.1, 0.15) is 5.75 Å². The number of fused-ring (bicyclic) bond motifs is 1. The maximum atomic E-state index is 13.1. The molecule has 4 rings (SSSR count). The molecule has 0 atom stereocenters. The van der Waals surface area contributed by atoms with Gasteiger partial charge in [-0.2, -0.15) is 0 Å². The van der Waals surface area contributed by atoms with E-state index >= 15 is 0 Å². The second kappa shape index (κ2) is 7.08. The van der Waals surface area contributed by atoms with Crippen molar-refractivity contribution in [1.29, 1.82) is 0 Å². The molecule has 0 fully saturated rings. The summed E-state index contributed by atoms with van der Waals surface area (Å²) in [5.74, 6) is 0.160.